The van der Waals surface area contributed by atoms with Gasteiger partial charge >= 0.3 is 33.2 Å². The van der Waals surface area contributed by atoms with E-state index in [9.17, 15) is 5.21 Å². The van der Waals surface area contributed by atoms with Gasteiger partial charge < -0.3 is 26.0 Å². The molecule has 0 aliphatic carbocycles. The van der Waals surface area contributed by atoms with Gasteiger partial charge in [0.05, 0.1) is 11.4 Å². The van der Waals surface area contributed by atoms with Crippen LogP contribution in [-0.4, -0.2) is 38.5 Å². The van der Waals surface area contributed by atoms with E-state index in [-0.39, 0.29) is 11.4 Å². The maximum absolute atomic E-state index is 9.63. The van der Waals surface area contributed by atoms with Crippen LogP contribution >= 0.6 is 20.3 Å². The van der Waals surface area contributed by atoms with Crippen LogP contribution in [0.5, 0.6) is 0 Å². The molecule has 19 heavy (non-hydrogen) atoms. The van der Waals surface area contributed by atoms with Crippen LogP contribution in [0.1, 0.15) is 27.7 Å². The number of hydrogen-bond donors (Lipinski definition) is 3. The Labute approximate surface area is 125 Å². The fourth-order valence-corrected chi connectivity index (χ4v) is 0.283. The van der Waals surface area contributed by atoms with Gasteiger partial charge in [-0.05, 0) is 27.7 Å². The molecule has 0 atom stereocenters. The second kappa shape index (κ2) is 17.0. The van der Waals surface area contributed by atoms with E-state index in [0.717, 1.165) is 0 Å². The molecule has 0 aliphatic rings. The second-order valence-corrected chi connectivity index (χ2v) is 4.50. The number of hydrogen-bond acceptors (Lipinski definition) is 8. The zero-order chi connectivity index (χ0) is 15.8. The zero-order valence-corrected chi connectivity index (χ0v) is 13.2. The van der Waals surface area contributed by atoms with Gasteiger partial charge in [-0.1, -0.05) is 15.5 Å². The topological polar surface area (TPSA) is 133 Å². The average Bonchev–Trinajstić information content (AvgIpc) is 2.45. The third-order valence-corrected chi connectivity index (χ3v) is 1.63. The van der Waals surface area contributed by atoms with E-state index in [4.69, 9.17) is 35.9 Å². The molecule has 3 N–H and O–H groups in total. The minimum absolute atomic E-state index is 0.201. The van der Waals surface area contributed by atoms with E-state index in [1.54, 1.807) is 0 Å². The number of nitrogens with zero attached hydrogens (tertiary/aromatic N) is 4. The molecule has 0 aliphatic heterocycles. The summed E-state index contributed by atoms with van der Waals surface area (Å²) in [5, 5.41) is 44.5. The van der Waals surface area contributed by atoms with E-state index in [0.29, 0.717) is 24.3 Å². The van der Waals surface area contributed by atoms with Gasteiger partial charge in [0, 0.05) is 0 Å². The van der Waals surface area contributed by atoms with Gasteiger partial charge in [0.1, 0.15) is 11.4 Å². The summed E-state index contributed by atoms with van der Waals surface area (Å²) in [4.78, 5) is 0. The summed E-state index contributed by atoms with van der Waals surface area (Å²) in [5.74, 6) is 0. The van der Waals surface area contributed by atoms with Gasteiger partial charge in [-0.3, -0.25) is 0 Å². The van der Waals surface area contributed by atoms with Crippen molar-refractivity contribution in [2.45, 2.75) is 27.7 Å². The summed E-state index contributed by atoms with van der Waals surface area (Å²) < 4.78 is 0. The molecule has 0 spiro atoms. The summed E-state index contributed by atoms with van der Waals surface area (Å²) in [6.07, 6.45) is 0. The zero-order valence-electron chi connectivity index (χ0n) is 10.6. The van der Waals surface area contributed by atoms with E-state index >= 15 is 0 Å². The number of oxime groups is 3. The Bertz CT molecular complexity index is 284. The molecular formula is C8H15Cl2CoN4O4-. The Morgan fingerprint density at radius 1 is 0.789 bits per heavy atom. The fourth-order valence-electron chi connectivity index (χ4n) is 0.283. The Morgan fingerprint density at radius 2 is 1.00 bits per heavy atom. The third kappa shape index (κ3) is 17.0. The van der Waals surface area contributed by atoms with Crippen LogP contribution in [0.15, 0.2) is 20.6 Å². The van der Waals surface area contributed by atoms with Crippen molar-refractivity contribution in [1.29, 1.82) is 0 Å². The molecule has 0 rings (SSSR count). The number of rotatable bonds is 2. The van der Waals surface area contributed by atoms with Crippen LogP contribution in [0.2, 0.25) is 0 Å². The van der Waals surface area contributed by atoms with Crippen LogP contribution < -0.4 is 0 Å². The maximum atomic E-state index is 9.63. The third-order valence-electron chi connectivity index (χ3n) is 1.63. The average molecular weight is 361 g/mol. The fraction of sp³-hybridized carbons (Fsp3) is 0.500. The van der Waals surface area contributed by atoms with Crippen LogP contribution in [0.3, 0.4) is 0 Å². The minimum atomic E-state index is 0.201. The SMILES string of the molecule is CC(=N\O)/C(C)=N/O.CC(=N\[O-])/C(C)=N/O.[Cl][Co][Cl]. The molecule has 0 unspecified atom stereocenters. The predicted octanol–water partition coefficient (Wildman–Crippen LogP) is 2.86. The first-order valence-electron chi connectivity index (χ1n) is 4.43. The van der Waals surface area contributed by atoms with Crippen molar-refractivity contribution in [2.24, 2.45) is 20.6 Å². The first-order valence-corrected chi connectivity index (χ1v) is 7.29. The monoisotopic (exact) mass is 360 g/mol. The molecule has 115 valence electrons. The van der Waals surface area contributed by atoms with Gasteiger partial charge in [0.2, 0.25) is 0 Å². The van der Waals surface area contributed by atoms with Gasteiger partial charge in [-0.25, -0.2) is 0 Å². The molecule has 0 saturated heterocycles. The molecule has 0 bridgehead atoms. The Balaban J connectivity index is -0.000000224. The molecule has 0 aromatic rings. The molecule has 0 amide bonds. The van der Waals surface area contributed by atoms with E-state index < -0.39 is 0 Å². The van der Waals surface area contributed by atoms with Crippen LogP contribution in [0.4, 0.5) is 0 Å². The molecular weight excluding hydrogens is 346 g/mol. The molecule has 0 fully saturated rings. The molecule has 11 heteroatoms. The summed E-state index contributed by atoms with van der Waals surface area (Å²) in [7, 11) is 9.47. The van der Waals surface area contributed by atoms with Crippen LogP contribution in [0, 0.1) is 5.21 Å². The van der Waals surface area contributed by atoms with Crippen molar-refractivity contribution in [2.75, 3.05) is 0 Å². The Hall–Kier alpha value is -1.03. The van der Waals surface area contributed by atoms with Crippen molar-refractivity contribution in [3.8, 4) is 0 Å². The molecule has 0 radical (unpaired) electrons. The van der Waals surface area contributed by atoms with E-state index in [2.05, 4.69) is 20.6 Å². The normalized spacial score (nSPS) is 13.2. The predicted molar refractivity (Wildman–Crippen MR) is 72.9 cm³/mol. The van der Waals surface area contributed by atoms with Crippen molar-refractivity contribution in [3.63, 3.8) is 0 Å². The van der Waals surface area contributed by atoms with E-state index in [1.165, 1.54) is 27.7 Å². The summed E-state index contributed by atoms with van der Waals surface area (Å²) in [6, 6.07) is 0. The molecule has 0 aromatic carbocycles. The van der Waals surface area contributed by atoms with Crippen molar-refractivity contribution in [1.82, 2.24) is 0 Å². The summed E-state index contributed by atoms with van der Waals surface area (Å²) in [5.41, 5.74) is 1.08. The summed E-state index contributed by atoms with van der Waals surface area (Å²) in [6.45, 7) is 6.04. The van der Waals surface area contributed by atoms with Crippen LogP contribution in [0.25, 0.3) is 0 Å². The van der Waals surface area contributed by atoms with Crippen molar-refractivity contribution < 1.29 is 28.5 Å². The van der Waals surface area contributed by atoms with Crippen molar-refractivity contribution >= 4 is 43.1 Å². The van der Waals surface area contributed by atoms with Gasteiger partial charge in [0.15, 0.2) is 0 Å². The summed E-state index contributed by atoms with van der Waals surface area (Å²) >= 11 is 0.382. The van der Waals surface area contributed by atoms with E-state index in [1.807, 2.05) is 0 Å². The Kier molecular flexibility index (Phi) is 20.6. The standard InChI is InChI=1S/2C4H8N2O2.2ClH.Co/c2*1-3(5-7)4(2)6-8;;;/h2*7-8H,1-2H3;2*1H;/q;;;;+2/p-3/b2*5-3+,6-4+;;;. The van der Waals surface area contributed by atoms with Crippen molar-refractivity contribution in [3.05, 3.63) is 5.21 Å². The quantitative estimate of drug-likeness (QED) is 0.396. The second-order valence-electron chi connectivity index (χ2n) is 2.78. The first-order chi connectivity index (χ1) is 8.85. The molecule has 0 aromatic heterocycles. The molecule has 0 heterocycles. The molecule has 0 saturated carbocycles. The van der Waals surface area contributed by atoms with Gasteiger partial charge in [-0.2, -0.15) is 0 Å². The van der Waals surface area contributed by atoms with Gasteiger partial charge in [-0.15, -0.1) is 0 Å². The number of halogens is 2. The molecule has 8 nitrogen and oxygen atoms in total. The Morgan fingerprint density at radius 3 is 1.11 bits per heavy atom. The van der Waals surface area contributed by atoms with Crippen LogP contribution in [-0.2, 0) is 12.9 Å². The van der Waals surface area contributed by atoms with Gasteiger partial charge in [0.25, 0.3) is 0 Å². The first kappa shape index (κ1) is 23.1.